The van der Waals surface area contributed by atoms with Gasteiger partial charge in [0.1, 0.15) is 5.82 Å². The standard InChI is InChI=1S/C17H32N6O/c1-18-17(19-10-12-23(4)11-7-13-24-5)20-14-15-8-6-9-16(21-15)22(2)3/h6,8-9H,7,10-14H2,1-5H3,(H2,18,19,20). The van der Waals surface area contributed by atoms with Crippen molar-refractivity contribution in [3.8, 4) is 0 Å². The summed E-state index contributed by atoms with van der Waals surface area (Å²) >= 11 is 0. The van der Waals surface area contributed by atoms with Crippen LogP contribution in [0, 0.1) is 0 Å². The lowest BCUT2D eigenvalue weighted by atomic mass is 10.3. The second-order valence-electron chi connectivity index (χ2n) is 5.88. The van der Waals surface area contributed by atoms with Gasteiger partial charge in [-0.15, -0.1) is 0 Å². The van der Waals surface area contributed by atoms with Gasteiger partial charge in [-0.3, -0.25) is 4.99 Å². The van der Waals surface area contributed by atoms with Crippen molar-refractivity contribution in [2.24, 2.45) is 4.99 Å². The number of nitrogens with zero attached hydrogens (tertiary/aromatic N) is 4. The summed E-state index contributed by atoms with van der Waals surface area (Å²) in [4.78, 5) is 13.1. The van der Waals surface area contributed by atoms with Crippen molar-refractivity contribution in [2.75, 3.05) is 66.4 Å². The highest BCUT2D eigenvalue weighted by molar-refractivity contribution is 5.79. The van der Waals surface area contributed by atoms with Crippen LogP contribution in [0.1, 0.15) is 12.1 Å². The van der Waals surface area contributed by atoms with E-state index in [4.69, 9.17) is 4.74 Å². The number of ether oxygens (including phenoxy) is 1. The van der Waals surface area contributed by atoms with Crippen molar-refractivity contribution in [1.82, 2.24) is 20.5 Å². The molecule has 0 aliphatic rings. The summed E-state index contributed by atoms with van der Waals surface area (Å²) in [6, 6.07) is 6.03. The summed E-state index contributed by atoms with van der Waals surface area (Å²) in [7, 11) is 9.61. The molecule has 0 spiro atoms. The van der Waals surface area contributed by atoms with E-state index in [1.807, 2.05) is 37.2 Å². The average molecular weight is 336 g/mol. The number of aromatic nitrogens is 1. The Morgan fingerprint density at radius 3 is 2.67 bits per heavy atom. The first kappa shape index (κ1) is 20.2. The second-order valence-corrected chi connectivity index (χ2v) is 5.88. The van der Waals surface area contributed by atoms with Gasteiger partial charge in [0.2, 0.25) is 0 Å². The molecular weight excluding hydrogens is 304 g/mol. The van der Waals surface area contributed by atoms with Gasteiger partial charge < -0.3 is 25.2 Å². The van der Waals surface area contributed by atoms with E-state index in [0.29, 0.717) is 6.54 Å². The molecule has 1 rings (SSSR count). The molecule has 1 aromatic heterocycles. The summed E-state index contributed by atoms with van der Waals surface area (Å²) in [5.74, 6) is 1.74. The number of aliphatic imine (C=N–C) groups is 1. The summed E-state index contributed by atoms with van der Waals surface area (Å²) in [5.41, 5.74) is 0.987. The van der Waals surface area contributed by atoms with Crippen molar-refractivity contribution in [1.29, 1.82) is 0 Å². The number of methoxy groups -OCH3 is 1. The molecule has 7 nitrogen and oxygen atoms in total. The zero-order valence-electron chi connectivity index (χ0n) is 15.7. The van der Waals surface area contributed by atoms with Crippen LogP contribution in [0.5, 0.6) is 0 Å². The fourth-order valence-electron chi connectivity index (χ4n) is 2.17. The van der Waals surface area contributed by atoms with Gasteiger partial charge in [-0.25, -0.2) is 4.98 Å². The van der Waals surface area contributed by atoms with E-state index < -0.39 is 0 Å². The third-order valence-corrected chi connectivity index (χ3v) is 3.59. The van der Waals surface area contributed by atoms with E-state index in [1.165, 1.54) is 0 Å². The first-order valence-electron chi connectivity index (χ1n) is 8.32. The van der Waals surface area contributed by atoms with Crippen molar-refractivity contribution in [3.63, 3.8) is 0 Å². The van der Waals surface area contributed by atoms with Crippen LogP contribution >= 0.6 is 0 Å². The number of anilines is 1. The molecule has 0 unspecified atom stereocenters. The zero-order valence-corrected chi connectivity index (χ0v) is 15.7. The first-order valence-corrected chi connectivity index (χ1v) is 8.32. The quantitative estimate of drug-likeness (QED) is 0.374. The first-order chi connectivity index (χ1) is 11.6. The summed E-state index contributed by atoms with van der Waals surface area (Å²) in [6.45, 7) is 4.28. The smallest absolute Gasteiger partial charge is 0.191 e. The van der Waals surface area contributed by atoms with E-state index in [1.54, 1.807) is 14.2 Å². The van der Waals surface area contributed by atoms with Crippen LogP contribution in [0.4, 0.5) is 5.82 Å². The third kappa shape index (κ3) is 8.12. The molecule has 0 radical (unpaired) electrons. The minimum absolute atomic E-state index is 0.644. The van der Waals surface area contributed by atoms with Crippen molar-refractivity contribution < 1.29 is 4.74 Å². The van der Waals surface area contributed by atoms with E-state index in [9.17, 15) is 0 Å². The van der Waals surface area contributed by atoms with Gasteiger partial charge in [0.05, 0.1) is 12.2 Å². The highest BCUT2D eigenvalue weighted by atomic mass is 16.5. The normalized spacial score (nSPS) is 11.7. The van der Waals surface area contributed by atoms with Gasteiger partial charge in [0.25, 0.3) is 0 Å². The molecule has 1 aromatic rings. The van der Waals surface area contributed by atoms with Crippen LogP contribution in [0.3, 0.4) is 0 Å². The van der Waals surface area contributed by atoms with Crippen molar-refractivity contribution >= 4 is 11.8 Å². The Bertz CT molecular complexity index is 492. The Hall–Kier alpha value is -1.86. The third-order valence-electron chi connectivity index (χ3n) is 3.59. The van der Waals surface area contributed by atoms with Crippen LogP contribution < -0.4 is 15.5 Å². The fraction of sp³-hybridized carbons (Fsp3) is 0.647. The van der Waals surface area contributed by atoms with E-state index in [2.05, 4.69) is 32.6 Å². The molecule has 7 heteroatoms. The molecule has 0 fully saturated rings. The van der Waals surface area contributed by atoms with E-state index in [-0.39, 0.29) is 0 Å². The molecule has 1 heterocycles. The Morgan fingerprint density at radius 2 is 2.00 bits per heavy atom. The minimum atomic E-state index is 0.644. The van der Waals surface area contributed by atoms with Crippen LogP contribution in [0.15, 0.2) is 23.2 Å². The van der Waals surface area contributed by atoms with Crippen LogP contribution in [-0.2, 0) is 11.3 Å². The topological polar surface area (TPSA) is 65.0 Å². The van der Waals surface area contributed by atoms with Gasteiger partial charge >= 0.3 is 0 Å². The molecule has 0 bridgehead atoms. The maximum Gasteiger partial charge on any atom is 0.191 e. The fourth-order valence-corrected chi connectivity index (χ4v) is 2.17. The maximum atomic E-state index is 5.07. The van der Waals surface area contributed by atoms with E-state index >= 15 is 0 Å². The molecule has 0 aliphatic heterocycles. The number of rotatable bonds is 10. The number of hydrogen-bond acceptors (Lipinski definition) is 5. The highest BCUT2D eigenvalue weighted by Gasteiger charge is 2.03. The molecule has 0 aliphatic carbocycles. The largest absolute Gasteiger partial charge is 0.385 e. The van der Waals surface area contributed by atoms with Gasteiger partial charge in [0.15, 0.2) is 5.96 Å². The van der Waals surface area contributed by atoms with Crippen molar-refractivity contribution in [3.05, 3.63) is 23.9 Å². The van der Waals surface area contributed by atoms with Gasteiger partial charge in [-0.05, 0) is 25.6 Å². The lowest BCUT2D eigenvalue weighted by Gasteiger charge is -2.18. The summed E-state index contributed by atoms with van der Waals surface area (Å²) < 4.78 is 5.07. The molecular formula is C17H32N6O. The average Bonchev–Trinajstić information content (AvgIpc) is 2.58. The minimum Gasteiger partial charge on any atom is -0.385 e. The zero-order chi connectivity index (χ0) is 17.8. The summed E-state index contributed by atoms with van der Waals surface area (Å²) in [5, 5.41) is 6.62. The number of hydrogen-bond donors (Lipinski definition) is 2. The lowest BCUT2D eigenvalue weighted by Crippen LogP contribution is -2.40. The number of likely N-dealkylation sites (N-methyl/N-ethyl adjacent to an activating group) is 1. The number of pyridine rings is 1. The number of guanidine groups is 1. The van der Waals surface area contributed by atoms with Gasteiger partial charge in [0, 0.05) is 54.5 Å². The molecule has 0 amide bonds. The van der Waals surface area contributed by atoms with Crippen molar-refractivity contribution in [2.45, 2.75) is 13.0 Å². The SMILES string of the molecule is CN=C(NCCN(C)CCCOC)NCc1cccc(N(C)C)n1. The van der Waals surface area contributed by atoms with E-state index in [0.717, 1.165) is 50.1 Å². The molecule has 0 saturated heterocycles. The Balaban J connectivity index is 2.31. The Morgan fingerprint density at radius 1 is 1.21 bits per heavy atom. The van der Waals surface area contributed by atoms with Crippen LogP contribution in [0.25, 0.3) is 0 Å². The Labute approximate surface area is 146 Å². The molecule has 136 valence electrons. The van der Waals surface area contributed by atoms with Gasteiger partial charge in [-0.1, -0.05) is 6.07 Å². The maximum absolute atomic E-state index is 5.07. The summed E-state index contributed by atoms with van der Waals surface area (Å²) in [6.07, 6.45) is 1.05. The highest BCUT2D eigenvalue weighted by Crippen LogP contribution is 2.07. The monoisotopic (exact) mass is 336 g/mol. The lowest BCUT2D eigenvalue weighted by molar-refractivity contribution is 0.180. The molecule has 24 heavy (non-hydrogen) atoms. The van der Waals surface area contributed by atoms with Gasteiger partial charge in [-0.2, -0.15) is 0 Å². The number of nitrogens with one attached hydrogen (secondary N) is 2. The van der Waals surface area contributed by atoms with Crippen LogP contribution in [0.2, 0.25) is 0 Å². The molecule has 0 atom stereocenters. The molecule has 0 aromatic carbocycles. The Kier molecular flexibility index (Phi) is 9.79. The predicted octanol–water partition coefficient (Wildman–Crippen LogP) is 0.781. The predicted molar refractivity (Wildman–Crippen MR) is 101 cm³/mol. The second kappa shape index (κ2) is 11.6. The molecule has 0 saturated carbocycles. The van der Waals surface area contributed by atoms with Crippen LogP contribution in [-0.4, -0.2) is 77.4 Å². The molecule has 2 N–H and O–H groups in total.